The van der Waals surface area contributed by atoms with Crippen LogP contribution in [0.2, 0.25) is 30.7 Å². The van der Waals surface area contributed by atoms with Crippen molar-refractivity contribution in [2.45, 2.75) is 64.8 Å². The normalized spacial score (nSPS) is 13.4. The maximum atomic E-state index is 14.2. The van der Waals surface area contributed by atoms with E-state index in [0.29, 0.717) is 35.9 Å². The Morgan fingerprint density at radius 2 is 2.05 bits per heavy atom. The lowest BCUT2D eigenvalue weighted by Crippen LogP contribution is -2.23. The first-order chi connectivity index (χ1) is 17.3. The molecule has 0 saturated carbocycles. The molecule has 3 rings (SSSR count). The molecule has 3 aromatic rings. The molecule has 0 fully saturated rings. The van der Waals surface area contributed by atoms with E-state index in [1.54, 1.807) is 34.5 Å². The number of nitrogens with two attached hydrogens (primary N) is 1. The number of benzene rings is 1. The molecular weight excluding hydrogens is 515 g/mol. The van der Waals surface area contributed by atoms with Gasteiger partial charge in [-0.3, -0.25) is 9.48 Å². The van der Waals surface area contributed by atoms with Crippen LogP contribution in [0.25, 0.3) is 11.3 Å². The van der Waals surface area contributed by atoms with E-state index in [1.807, 2.05) is 6.92 Å². The monoisotopic (exact) mass is 546 g/mol. The molecule has 198 valence electrons. The number of rotatable bonds is 11. The van der Waals surface area contributed by atoms with E-state index < -0.39 is 25.9 Å². The first-order valence-corrected chi connectivity index (χ1v) is 16.0. The van der Waals surface area contributed by atoms with Crippen LogP contribution in [0.3, 0.4) is 0 Å². The number of primary amides is 1. The van der Waals surface area contributed by atoms with E-state index in [0.717, 1.165) is 6.04 Å². The summed E-state index contributed by atoms with van der Waals surface area (Å²) >= 11 is 6.04. The summed E-state index contributed by atoms with van der Waals surface area (Å²) in [5.41, 5.74) is 6.95. The van der Waals surface area contributed by atoms with Gasteiger partial charge in [0.2, 0.25) is 0 Å². The third kappa shape index (κ3) is 6.84. The number of carbonyl (C=O) groups excluding carboxylic acids is 1. The molecule has 9 nitrogen and oxygen atoms in total. The molecule has 2 heterocycles. The maximum absolute atomic E-state index is 14.2. The van der Waals surface area contributed by atoms with Gasteiger partial charge in [-0.2, -0.15) is 10.4 Å². The molecule has 1 unspecified atom stereocenters. The molecule has 0 radical (unpaired) electrons. The van der Waals surface area contributed by atoms with Crippen LogP contribution in [-0.2, 0) is 18.0 Å². The summed E-state index contributed by atoms with van der Waals surface area (Å²) in [7, 11) is -1.30. The van der Waals surface area contributed by atoms with Crippen LogP contribution in [0.15, 0.2) is 24.4 Å². The highest BCUT2D eigenvalue weighted by Gasteiger charge is 2.27. The Kier molecular flexibility index (Phi) is 8.91. The van der Waals surface area contributed by atoms with Crippen molar-refractivity contribution in [3.63, 3.8) is 0 Å². The zero-order valence-electron chi connectivity index (χ0n) is 21.6. The Hall–Kier alpha value is -3.04. The van der Waals surface area contributed by atoms with Crippen LogP contribution in [-0.4, -0.2) is 45.0 Å². The fraction of sp³-hybridized carbons (Fsp3) is 0.440. The summed E-state index contributed by atoms with van der Waals surface area (Å²) in [4.78, 5) is 16.6. The summed E-state index contributed by atoms with van der Waals surface area (Å²) in [5.74, 6) is -1.42. The van der Waals surface area contributed by atoms with E-state index in [9.17, 15) is 14.3 Å². The first-order valence-electron chi connectivity index (χ1n) is 11.9. The molecule has 2 atom stereocenters. The predicted molar refractivity (Wildman–Crippen MR) is 141 cm³/mol. The number of aromatic nitrogens is 4. The number of hydrogen-bond donors (Lipinski definition) is 2. The first kappa shape index (κ1) is 28.5. The summed E-state index contributed by atoms with van der Waals surface area (Å²) < 4.78 is 23.5. The summed E-state index contributed by atoms with van der Waals surface area (Å²) in [6.45, 7) is 11.3. The van der Waals surface area contributed by atoms with Gasteiger partial charge in [0.1, 0.15) is 41.8 Å². The lowest BCUT2D eigenvalue weighted by atomic mass is 10.1. The Labute approximate surface area is 221 Å². The quantitative estimate of drug-likeness (QED) is 0.265. The standard InChI is InChI=1S/C25H32ClFN6O3Si/c1-15(13-32-7-6-21(31-32)17-10-19(26)18(12-28)20(27)11-17)23-22(24(29)35)30-25(16(2)34)33(23)14-36-8-9-37(3,4)5/h6-7,10-11,15-16,34H,8-9,13-14H2,1-5H3,(H2,29,35)/t15-,16?/m0/s1. The average Bonchev–Trinajstić information content (AvgIpc) is 3.41. The van der Waals surface area contributed by atoms with Crippen molar-refractivity contribution in [3.8, 4) is 17.3 Å². The number of ether oxygens (including phenoxy) is 1. The number of aliphatic hydroxyl groups excluding tert-OH is 1. The van der Waals surface area contributed by atoms with E-state index >= 15 is 0 Å². The van der Waals surface area contributed by atoms with E-state index in [-0.39, 0.29) is 28.9 Å². The topological polar surface area (TPSA) is 132 Å². The molecule has 1 aromatic carbocycles. The van der Waals surface area contributed by atoms with Gasteiger partial charge in [-0.25, -0.2) is 9.37 Å². The Balaban J connectivity index is 1.89. The Morgan fingerprint density at radius 3 is 2.62 bits per heavy atom. The van der Waals surface area contributed by atoms with Crippen LogP contribution < -0.4 is 5.73 Å². The molecule has 0 bridgehead atoms. The highest BCUT2D eigenvalue weighted by atomic mass is 35.5. The van der Waals surface area contributed by atoms with Gasteiger partial charge in [0.25, 0.3) is 5.91 Å². The highest BCUT2D eigenvalue weighted by Crippen LogP contribution is 2.29. The van der Waals surface area contributed by atoms with Crippen molar-refractivity contribution in [1.29, 1.82) is 5.26 Å². The molecule has 3 N–H and O–H groups in total. The van der Waals surface area contributed by atoms with Crippen molar-refractivity contribution in [2.24, 2.45) is 5.73 Å². The van der Waals surface area contributed by atoms with Gasteiger partial charge < -0.3 is 20.1 Å². The van der Waals surface area contributed by atoms with Gasteiger partial charge in [0, 0.05) is 38.9 Å². The minimum Gasteiger partial charge on any atom is -0.385 e. The highest BCUT2D eigenvalue weighted by molar-refractivity contribution is 6.76. The van der Waals surface area contributed by atoms with Crippen LogP contribution in [0.4, 0.5) is 4.39 Å². The minimum atomic E-state index is -1.30. The second-order valence-electron chi connectivity index (χ2n) is 10.3. The molecule has 2 aromatic heterocycles. The molecule has 0 aliphatic carbocycles. The lowest BCUT2D eigenvalue weighted by molar-refractivity contribution is 0.0741. The number of imidazole rings is 1. The molecule has 0 aliphatic heterocycles. The molecule has 1 amide bonds. The molecular formula is C25H32ClFN6O3Si. The van der Waals surface area contributed by atoms with Gasteiger partial charge in [0.15, 0.2) is 0 Å². The molecule has 0 aliphatic rings. The van der Waals surface area contributed by atoms with Crippen molar-refractivity contribution >= 4 is 25.6 Å². The second kappa shape index (κ2) is 11.6. The number of nitriles is 1. The average molecular weight is 547 g/mol. The SMILES string of the molecule is CC(O)c1nc(C(N)=O)c([C@@H](C)Cn2ccc(-c3cc(F)c(C#N)c(Cl)c3)n2)n1COCC[Si](C)(C)C. The Bertz CT molecular complexity index is 1300. The van der Waals surface area contributed by atoms with Gasteiger partial charge >= 0.3 is 0 Å². The largest absolute Gasteiger partial charge is 0.385 e. The molecule has 12 heteroatoms. The smallest absolute Gasteiger partial charge is 0.269 e. The molecule has 37 heavy (non-hydrogen) atoms. The molecule has 0 saturated heterocycles. The van der Waals surface area contributed by atoms with E-state index in [2.05, 4.69) is 29.7 Å². The number of amides is 1. The third-order valence-corrected chi connectivity index (χ3v) is 7.88. The zero-order chi connectivity index (χ0) is 27.5. The fourth-order valence-corrected chi connectivity index (χ4v) is 4.97. The van der Waals surface area contributed by atoms with Gasteiger partial charge in [0.05, 0.1) is 16.4 Å². The van der Waals surface area contributed by atoms with Gasteiger partial charge in [-0.15, -0.1) is 0 Å². The van der Waals surface area contributed by atoms with Crippen LogP contribution in [0, 0.1) is 17.1 Å². The van der Waals surface area contributed by atoms with E-state index in [1.165, 1.54) is 12.1 Å². The van der Waals surface area contributed by atoms with Gasteiger partial charge in [-0.05, 0) is 31.2 Å². The summed E-state index contributed by atoms with van der Waals surface area (Å²) in [6.07, 6.45) is 0.785. The number of aliphatic hydroxyl groups is 1. The summed E-state index contributed by atoms with van der Waals surface area (Å²) in [6, 6.07) is 7.12. The van der Waals surface area contributed by atoms with Crippen molar-refractivity contribution < 1.29 is 19.0 Å². The van der Waals surface area contributed by atoms with Crippen molar-refractivity contribution in [2.75, 3.05) is 6.61 Å². The molecule has 0 spiro atoms. The lowest BCUT2D eigenvalue weighted by Gasteiger charge is -2.20. The van der Waals surface area contributed by atoms with Crippen LogP contribution >= 0.6 is 11.6 Å². The zero-order valence-corrected chi connectivity index (χ0v) is 23.4. The third-order valence-electron chi connectivity index (χ3n) is 5.88. The fourth-order valence-electron chi connectivity index (χ4n) is 3.97. The van der Waals surface area contributed by atoms with Gasteiger partial charge in [-0.1, -0.05) is 38.2 Å². The van der Waals surface area contributed by atoms with Crippen LogP contribution in [0.1, 0.15) is 53.4 Å². The Morgan fingerprint density at radius 1 is 1.35 bits per heavy atom. The second-order valence-corrected chi connectivity index (χ2v) is 16.3. The number of nitrogens with zero attached hydrogens (tertiary/aromatic N) is 5. The number of hydrogen-bond acceptors (Lipinski definition) is 6. The minimum absolute atomic E-state index is 0.00944. The number of halogens is 2. The van der Waals surface area contributed by atoms with Crippen molar-refractivity contribution in [1.82, 2.24) is 19.3 Å². The maximum Gasteiger partial charge on any atom is 0.269 e. The van der Waals surface area contributed by atoms with E-state index in [4.69, 9.17) is 27.3 Å². The van der Waals surface area contributed by atoms with Crippen LogP contribution in [0.5, 0.6) is 0 Å². The van der Waals surface area contributed by atoms with Crippen molar-refractivity contribution in [3.05, 3.63) is 58.0 Å². The predicted octanol–water partition coefficient (Wildman–Crippen LogP) is 4.68. The summed E-state index contributed by atoms with van der Waals surface area (Å²) in [5, 5.41) is 23.9. The number of carbonyl (C=O) groups is 1.